The molecule has 0 unspecified atom stereocenters. The van der Waals surface area contributed by atoms with Crippen LogP contribution in [0.4, 0.5) is 0 Å². The van der Waals surface area contributed by atoms with E-state index in [4.69, 9.17) is 9.97 Å². The van der Waals surface area contributed by atoms with E-state index in [9.17, 15) is 5.11 Å². The Morgan fingerprint density at radius 2 is 1.00 bits per heavy atom. The zero-order chi connectivity index (χ0) is 33.6. The predicted octanol–water partition coefficient (Wildman–Crippen LogP) is 11.1. The molecule has 6 heteroatoms. The first-order valence-electron chi connectivity index (χ1n) is 16.9. The van der Waals surface area contributed by atoms with Gasteiger partial charge in [-0.25, -0.2) is 4.98 Å². The van der Waals surface area contributed by atoms with Crippen molar-refractivity contribution in [3.63, 3.8) is 0 Å². The monoisotopic (exact) mass is 832 g/mol. The van der Waals surface area contributed by atoms with E-state index in [1.54, 1.807) is 6.07 Å². The Bertz CT molecular complexity index is 2440. The first-order chi connectivity index (χ1) is 23.9. The summed E-state index contributed by atoms with van der Waals surface area (Å²) in [5.41, 5.74) is 11.8. The summed E-state index contributed by atoms with van der Waals surface area (Å²) in [4.78, 5) is 10.6. The molecule has 50 heavy (non-hydrogen) atoms. The molecular weight excluding hydrogens is 796 g/mol. The van der Waals surface area contributed by atoms with Gasteiger partial charge in [0.15, 0.2) is 0 Å². The number of aromatic nitrogens is 4. The van der Waals surface area contributed by atoms with Crippen LogP contribution in [-0.2, 0) is 21.1 Å². The first kappa shape index (κ1) is 33.3. The molecule has 0 saturated carbocycles. The Morgan fingerprint density at radius 3 is 1.50 bits per heavy atom. The van der Waals surface area contributed by atoms with Crippen molar-refractivity contribution in [1.82, 2.24) is 19.1 Å². The van der Waals surface area contributed by atoms with Gasteiger partial charge in [0.1, 0.15) is 11.6 Å². The number of imidazole rings is 2. The van der Waals surface area contributed by atoms with Gasteiger partial charge in [-0.2, -0.15) is 0 Å². The minimum atomic E-state index is 0. The van der Waals surface area contributed by atoms with Gasteiger partial charge in [0.2, 0.25) is 0 Å². The summed E-state index contributed by atoms with van der Waals surface area (Å²) in [6.45, 7) is 8.83. The van der Waals surface area contributed by atoms with Gasteiger partial charge in [-0.05, 0) is 71.5 Å². The van der Waals surface area contributed by atoms with Crippen LogP contribution >= 0.6 is 0 Å². The molecule has 250 valence electrons. The Labute approximate surface area is 307 Å². The van der Waals surface area contributed by atoms with Gasteiger partial charge in [-0.15, -0.1) is 35.9 Å². The zero-order valence-electron chi connectivity index (χ0n) is 28.4. The molecule has 0 aliphatic rings. The molecule has 0 aliphatic heterocycles. The van der Waals surface area contributed by atoms with E-state index in [2.05, 4.69) is 134 Å². The average molecular weight is 833 g/mol. The molecule has 2 heterocycles. The van der Waals surface area contributed by atoms with Crippen molar-refractivity contribution >= 4 is 22.1 Å². The minimum Gasteiger partial charge on any atom is -0.507 e. The van der Waals surface area contributed by atoms with Crippen LogP contribution in [0.3, 0.4) is 0 Å². The number of aromatic hydroxyl groups is 1. The molecular formula is C44H37N4OPt-. The molecule has 8 aromatic rings. The van der Waals surface area contributed by atoms with E-state index >= 15 is 0 Å². The number of rotatable bonds is 7. The summed E-state index contributed by atoms with van der Waals surface area (Å²) in [6, 6.07) is 48.9. The van der Waals surface area contributed by atoms with E-state index in [0.29, 0.717) is 23.2 Å². The van der Waals surface area contributed by atoms with Crippen LogP contribution in [0, 0.1) is 6.07 Å². The number of hydrogen-bond acceptors (Lipinski definition) is 3. The van der Waals surface area contributed by atoms with Crippen LogP contribution < -0.4 is 0 Å². The van der Waals surface area contributed by atoms with Crippen LogP contribution in [0.1, 0.15) is 50.7 Å². The first-order valence-corrected chi connectivity index (χ1v) is 16.9. The summed E-state index contributed by atoms with van der Waals surface area (Å²) in [6.07, 6.45) is 0. The van der Waals surface area contributed by atoms with E-state index in [0.717, 1.165) is 56.0 Å². The Kier molecular flexibility index (Phi) is 9.03. The SMILES string of the molecule is CC(C)c1ccc(-n2c(-c3[c-]cccc3)nc3c(-c4cccc5c4nc(-c4ccccc4O)n5-c4ccc(C(C)C)cc4)cccc32)cc1.[Pt]. The second-order valence-electron chi connectivity index (χ2n) is 13.2. The molecule has 0 amide bonds. The molecule has 1 N–H and O–H groups in total. The minimum absolute atomic E-state index is 0. The molecule has 6 aromatic carbocycles. The maximum absolute atomic E-state index is 11.0. The van der Waals surface area contributed by atoms with Gasteiger partial charge in [-0.1, -0.05) is 88.4 Å². The van der Waals surface area contributed by atoms with Crippen LogP contribution in [0.25, 0.3) is 67.3 Å². The Morgan fingerprint density at radius 1 is 0.520 bits per heavy atom. The van der Waals surface area contributed by atoms with Crippen LogP contribution in [0.5, 0.6) is 5.75 Å². The van der Waals surface area contributed by atoms with Crippen molar-refractivity contribution in [1.29, 1.82) is 0 Å². The van der Waals surface area contributed by atoms with Gasteiger partial charge < -0.3 is 9.67 Å². The molecule has 0 atom stereocenters. The molecule has 0 fully saturated rings. The van der Waals surface area contributed by atoms with E-state index in [1.165, 1.54) is 11.1 Å². The van der Waals surface area contributed by atoms with Gasteiger partial charge in [0.25, 0.3) is 0 Å². The van der Waals surface area contributed by atoms with Crippen LogP contribution in [-0.4, -0.2) is 24.2 Å². The maximum Gasteiger partial charge on any atom is 0.149 e. The average Bonchev–Trinajstić information content (AvgIpc) is 3.72. The van der Waals surface area contributed by atoms with E-state index < -0.39 is 0 Å². The standard InChI is InChI=1S/C44H37N4O.Pt/c1-28(2)30-20-24-33(25-21-30)47-38-17-10-15-35(41(38)45-43(47)32-12-6-5-7-13-32)36-16-11-18-39-42(36)46-44(37-14-8-9-19-40(37)49)48(39)34-26-22-31(23-27-34)29(3)4;/h5-12,14-29,49H,1-4H3;/q-1;. The molecule has 2 aromatic heterocycles. The fraction of sp³-hybridized carbons (Fsp3) is 0.136. The van der Waals surface area contributed by atoms with Gasteiger partial charge >= 0.3 is 0 Å². The molecule has 0 saturated heterocycles. The summed E-state index contributed by atoms with van der Waals surface area (Å²) >= 11 is 0. The zero-order valence-corrected chi connectivity index (χ0v) is 30.7. The Hall–Kier alpha value is -5.25. The number of benzene rings is 6. The van der Waals surface area contributed by atoms with Crippen molar-refractivity contribution < 1.29 is 26.2 Å². The Balaban J connectivity index is 0.00000392. The summed E-state index contributed by atoms with van der Waals surface area (Å²) < 4.78 is 4.38. The van der Waals surface area contributed by atoms with Crippen molar-refractivity contribution in [2.24, 2.45) is 0 Å². The topological polar surface area (TPSA) is 55.9 Å². The third kappa shape index (κ3) is 5.76. The van der Waals surface area contributed by atoms with Crippen molar-refractivity contribution in [2.45, 2.75) is 39.5 Å². The van der Waals surface area contributed by atoms with E-state index in [1.807, 2.05) is 36.4 Å². The van der Waals surface area contributed by atoms with E-state index in [-0.39, 0.29) is 26.8 Å². The molecule has 5 nitrogen and oxygen atoms in total. The number of hydrogen-bond donors (Lipinski definition) is 1. The smallest absolute Gasteiger partial charge is 0.149 e. The largest absolute Gasteiger partial charge is 0.507 e. The normalized spacial score (nSPS) is 11.5. The fourth-order valence-electron chi connectivity index (χ4n) is 6.73. The molecule has 0 radical (unpaired) electrons. The summed E-state index contributed by atoms with van der Waals surface area (Å²) in [7, 11) is 0. The molecule has 0 spiro atoms. The van der Waals surface area contributed by atoms with Gasteiger partial charge in [-0.3, -0.25) is 9.55 Å². The molecule has 0 bridgehead atoms. The number of fused-ring (bicyclic) bond motifs is 2. The molecule has 8 rings (SSSR count). The third-order valence-corrected chi connectivity index (χ3v) is 9.39. The number of phenolic OH excluding ortho intramolecular Hbond substituents is 1. The summed E-state index contributed by atoms with van der Waals surface area (Å²) in [5, 5.41) is 11.0. The van der Waals surface area contributed by atoms with Gasteiger partial charge in [0.05, 0.1) is 33.5 Å². The van der Waals surface area contributed by atoms with Crippen LogP contribution in [0.2, 0.25) is 0 Å². The number of nitrogens with zero attached hydrogens (tertiary/aromatic N) is 4. The van der Waals surface area contributed by atoms with Crippen molar-refractivity contribution in [3.8, 4) is 51.0 Å². The fourth-order valence-corrected chi connectivity index (χ4v) is 6.73. The van der Waals surface area contributed by atoms with Crippen LogP contribution in [0.15, 0.2) is 133 Å². The quantitative estimate of drug-likeness (QED) is 0.163. The second kappa shape index (κ2) is 13.6. The predicted molar refractivity (Wildman–Crippen MR) is 201 cm³/mol. The van der Waals surface area contributed by atoms with Gasteiger partial charge in [0, 0.05) is 43.6 Å². The number of phenols is 1. The third-order valence-electron chi connectivity index (χ3n) is 9.39. The number of para-hydroxylation sites is 3. The van der Waals surface area contributed by atoms with Crippen molar-refractivity contribution in [2.75, 3.05) is 0 Å². The molecule has 0 aliphatic carbocycles. The summed E-state index contributed by atoms with van der Waals surface area (Å²) in [5.74, 6) is 2.56. The van der Waals surface area contributed by atoms with Crippen molar-refractivity contribution in [3.05, 3.63) is 151 Å². The maximum atomic E-state index is 11.0. The second-order valence-corrected chi connectivity index (χ2v) is 13.2.